The van der Waals surface area contributed by atoms with Crippen LogP contribution in [-0.4, -0.2) is 20.1 Å². The summed E-state index contributed by atoms with van der Waals surface area (Å²) < 4.78 is 0. The molecule has 0 spiro atoms. The summed E-state index contributed by atoms with van der Waals surface area (Å²) in [6.45, 7) is 2.48. The number of aliphatic hydroxyl groups is 1. The summed E-state index contributed by atoms with van der Waals surface area (Å²) in [6.07, 6.45) is 5.71. The molecule has 0 aliphatic carbocycles. The average Bonchev–Trinajstić information content (AvgIpc) is 2.85. The second-order valence-corrected chi connectivity index (χ2v) is 7.48. The number of pyridine rings is 1. The number of hydrogen-bond acceptors (Lipinski definition) is 7. The Morgan fingerprint density at radius 2 is 1.78 bits per heavy atom. The lowest BCUT2D eigenvalue weighted by Crippen LogP contribution is -2.34. The fraction of sp³-hybridized carbons (Fsp3) is 0.160. The monoisotopic (exact) mass is 426 g/mol. The first-order valence-corrected chi connectivity index (χ1v) is 10.5. The molecule has 1 unspecified atom stereocenters. The van der Waals surface area contributed by atoms with Gasteiger partial charge in [0.25, 0.3) is 0 Å². The number of nitrogens with zero attached hydrogens (tertiary/aromatic N) is 3. The predicted molar refractivity (Wildman–Crippen MR) is 128 cm³/mol. The van der Waals surface area contributed by atoms with E-state index in [1.54, 1.807) is 24.7 Å². The Kier molecular flexibility index (Phi) is 6.28. The van der Waals surface area contributed by atoms with Crippen LogP contribution in [0.2, 0.25) is 0 Å². The first-order valence-electron chi connectivity index (χ1n) is 10.5. The van der Waals surface area contributed by atoms with Gasteiger partial charge in [-0.1, -0.05) is 43.3 Å². The summed E-state index contributed by atoms with van der Waals surface area (Å²) in [6, 6.07) is 20.9. The van der Waals surface area contributed by atoms with E-state index in [9.17, 15) is 5.11 Å². The number of aromatic nitrogens is 3. The van der Waals surface area contributed by atoms with Crippen LogP contribution in [0.3, 0.4) is 0 Å². The van der Waals surface area contributed by atoms with Crippen molar-refractivity contribution in [3.63, 3.8) is 0 Å². The molecule has 32 heavy (non-hydrogen) atoms. The van der Waals surface area contributed by atoms with Gasteiger partial charge in [-0.15, -0.1) is 0 Å². The molecule has 5 N–H and O–H groups in total. The van der Waals surface area contributed by atoms with Crippen molar-refractivity contribution in [2.75, 3.05) is 16.4 Å². The van der Waals surface area contributed by atoms with E-state index in [0.29, 0.717) is 30.3 Å². The normalized spacial score (nSPS) is 12.7. The molecule has 4 rings (SSSR count). The quantitative estimate of drug-likeness (QED) is 0.244. The highest BCUT2D eigenvalue weighted by Crippen LogP contribution is 2.30. The van der Waals surface area contributed by atoms with E-state index in [2.05, 4.69) is 25.6 Å². The number of nitrogen functional groups attached to an aromatic ring is 1. The van der Waals surface area contributed by atoms with Gasteiger partial charge in [0.05, 0.1) is 17.1 Å². The number of hydrogen-bond donors (Lipinski definition) is 4. The summed E-state index contributed by atoms with van der Waals surface area (Å²) in [5.74, 6) is 0.543. The molecule has 2 aromatic carbocycles. The molecule has 0 fully saturated rings. The maximum atomic E-state index is 11.2. The van der Waals surface area contributed by atoms with Gasteiger partial charge in [-0.05, 0) is 42.3 Å². The summed E-state index contributed by atoms with van der Waals surface area (Å²) >= 11 is 0. The van der Waals surface area contributed by atoms with Crippen molar-refractivity contribution in [1.82, 2.24) is 15.0 Å². The van der Waals surface area contributed by atoms with Gasteiger partial charge < -0.3 is 21.5 Å². The van der Waals surface area contributed by atoms with Gasteiger partial charge in [0, 0.05) is 36.3 Å². The highest BCUT2D eigenvalue weighted by atomic mass is 16.3. The molecule has 2 aromatic heterocycles. The zero-order chi connectivity index (χ0) is 22.4. The van der Waals surface area contributed by atoms with Crippen LogP contribution in [0, 0.1) is 0 Å². The van der Waals surface area contributed by atoms with E-state index in [0.717, 1.165) is 22.4 Å². The average molecular weight is 427 g/mol. The predicted octanol–water partition coefficient (Wildman–Crippen LogP) is 4.40. The van der Waals surface area contributed by atoms with Crippen molar-refractivity contribution in [2.45, 2.75) is 25.6 Å². The first-order chi connectivity index (χ1) is 15.6. The fourth-order valence-electron chi connectivity index (χ4n) is 3.40. The molecular weight excluding hydrogens is 400 g/mol. The minimum atomic E-state index is -1.22. The van der Waals surface area contributed by atoms with Crippen molar-refractivity contribution in [3.05, 3.63) is 96.4 Å². The molecule has 0 amide bonds. The second kappa shape index (κ2) is 9.45. The minimum absolute atomic E-state index is 0.480. The molecule has 162 valence electrons. The maximum Gasteiger partial charge on any atom is 0.223 e. The van der Waals surface area contributed by atoms with Crippen molar-refractivity contribution in [3.8, 4) is 11.3 Å². The molecule has 0 saturated heterocycles. The lowest BCUT2D eigenvalue weighted by Gasteiger charge is -2.30. The number of anilines is 3. The van der Waals surface area contributed by atoms with Gasteiger partial charge >= 0.3 is 0 Å². The molecule has 2 heterocycles. The van der Waals surface area contributed by atoms with Gasteiger partial charge in [-0.3, -0.25) is 4.98 Å². The van der Waals surface area contributed by atoms with Gasteiger partial charge in [0.2, 0.25) is 5.95 Å². The molecule has 0 aliphatic rings. The highest BCUT2D eigenvalue weighted by Gasteiger charge is 2.27. The molecule has 1 atom stereocenters. The number of benzene rings is 2. The van der Waals surface area contributed by atoms with Crippen LogP contribution in [0.1, 0.15) is 24.5 Å². The second-order valence-electron chi connectivity index (χ2n) is 7.48. The van der Waals surface area contributed by atoms with Crippen LogP contribution in [0.15, 0.2) is 85.3 Å². The zero-order valence-corrected chi connectivity index (χ0v) is 17.9. The molecule has 0 bridgehead atoms. The third-order valence-corrected chi connectivity index (χ3v) is 5.31. The van der Waals surface area contributed by atoms with E-state index in [-0.39, 0.29) is 0 Å². The van der Waals surface area contributed by atoms with Crippen LogP contribution < -0.4 is 16.4 Å². The van der Waals surface area contributed by atoms with Crippen molar-refractivity contribution in [2.24, 2.45) is 0 Å². The van der Waals surface area contributed by atoms with Crippen LogP contribution in [0.25, 0.3) is 11.3 Å². The van der Waals surface area contributed by atoms with E-state index in [4.69, 9.17) is 5.73 Å². The fourth-order valence-corrected chi connectivity index (χ4v) is 3.40. The van der Waals surface area contributed by atoms with Crippen molar-refractivity contribution >= 4 is 17.3 Å². The summed E-state index contributed by atoms with van der Waals surface area (Å²) in [5.41, 5.74) is 9.66. The first kappa shape index (κ1) is 21.3. The van der Waals surface area contributed by atoms with Crippen LogP contribution in [0.4, 0.5) is 17.3 Å². The van der Waals surface area contributed by atoms with E-state index in [1.165, 1.54) is 0 Å². The molecule has 7 heteroatoms. The van der Waals surface area contributed by atoms with E-state index in [1.807, 2.05) is 67.6 Å². The lowest BCUT2D eigenvalue weighted by molar-refractivity contribution is 0.0633. The third kappa shape index (κ3) is 4.84. The summed E-state index contributed by atoms with van der Waals surface area (Å²) in [5, 5.41) is 17.6. The highest BCUT2D eigenvalue weighted by molar-refractivity contribution is 5.66. The molecule has 4 aromatic rings. The van der Waals surface area contributed by atoms with Crippen LogP contribution in [-0.2, 0) is 12.3 Å². The number of nitrogens with one attached hydrogen (secondary N) is 2. The topological polar surface area (TPSA) is 109 Å². The zero-order valence-electron chi connectivity index (χ0n) is 17.9. The maximum absolute atomic E-state index is 11.2. The van der Waals surface area contributed by atoms with E-state index < -0.39 is 5.72 Å². The number of nitrogens with two attached hydrogens (primary N) is 1. The number of rotatable bonds is 8. The molecule has 0 aliphatic heterocycles. The molecular formula is C25H26N6O. The van der Waals surface area contributed by atoms with Gasteiger partial charge in [0.15, 0.2) is 5.72 Å². The largest absolute Gasteiger partial charge is 0.397 e. The SMILES string of the molecule is CCC(O)(Nc1ccccc1N)c1ccc(CNc2nccc(-c3cccnc3)n2)cc1. The summed E-state index contributed by atoms with van der Waals surface area (Å²) in [4.78, 5) is 13.0. The van der Waals surface area contributed by atoms with E-state index >= 15 is 0 Å². The molecule has 0 radical (unpaired) electrons. The minimum Gasteiger partial charge on any atom is -0.397 e. The standard InChI is InChI=1S/C25H26N6O/c1-2-25(32,31-23-8-4-3-7-21(23)26)20-11-9-18(10-12-20)16-29-24-28-15-13-22(30-24)19-6-5-14-27-17-19/h3-15,17,31-32H,2,16,26H2,1H3,(H,28,29,30). The van der Waals surface area contributed by atoms with Crippen LogP contribution >= 0.6 is 0 Å². The molecule has 0 saturated carbocycles. The Morgan fingerprint density at radius 3 is 2.50 bits per heavy atom. The smallest absolute Gasteiger partial charge is 0.223 e. The van der Waals surface area contributed by atoms with Gasteiger partial charge in [-0.25, -0.2) is 9.97 Å². The van der Waals surface area contributed by atoms with Crippen molar-refractivity contribution < 1.29 is 5.11 Å². The Balaban J connectivity index is 1.44. The van der Waals surface area contributed by atoms with Gasteiger partial charge in [-0.2, -0.15) is 0 Å². The lowest BCUT2D eigenvalue weighted by atomic mass is 9.98. The van der Waals surface area contributed by atoms with Crippen molar-refractivity contribution in [1.29, 1.82) is 0 Å². The Morgan fingerprint density at radius 1 is 0.969 bits per heavy atom. The third-order valence-electron chi connectivity index (χ3n) is 5.31. The van der Waals surface area contributed by atoms with Gasteiger partial charge in [0.1, 0.15) is 0 Å². The molecule has 7 nitrogen and oxygen atoms in total. The summed E-state index contributed by atoms with van der Waals surface area (Å²) in [7, 11) is 0. The van der Waals surface area contributed by atoms with Crippen LogP contribution in [0.5, 0.6) is 0 Å². The Bertz CT molecular complexity index is 1170. The Labute approximate surface area is 187 Å². The Hall–Kier alpha value is -3.97. The number of para-hydroxylation sites is 2.